The Morgan fingerprint density at radius 1 is 0.939 bits per heavy atom. The standard InChI is InChI=1S/C15H25N3O4S.C10H20/c1-4-12(10(2)19)18-7-11(5-15(18)22)6-17-14(21)9-23-8-13(20)16-3;1-2-4-6-8-10-9-7-5-3-1/h11-12H,4-9H2,1-3H3,(H,16,20)(H,17,21);1-10H2/t11?,12-;/m1./s1. The lowest BCUT2D eigenvalue weighted by molar-refractivity contribution is -0.135. The number of nitrogens with zero attached hydrogens (tertiary/aromatic N) is 1. The summed E-state index contributed by atoms with van der Waals surface area (Å²) in [6.45, 7) is 4.30. The zero-order valence-corrected chi connectivity index (χ0v) is 21.8. The van der Waals surface area contributed by atoms with Crippen molar-refractivity contribution < 1.29 is 19.2 Å². The molecule has 33 heavy (non-hydrogen) atoms. The fourth-order valence-electron chi connectivity index (χ4n) is 4.36. The van der Waals surface area contributed by atoms with Crippen molar-refractivity contribution in [2.24, 2.45) is 5.92 Å². The molecule has 190 valence electrons. The normalized spacial score (nSPS) is 20.3. The van der Waals surface area contributed by atoms with Crippen molar-refractivity contribution in [3.63, 3.8) is 0 Å². The molecule has 2 rings (SSSR count). The largest absolute Gasteiger partial charge is 0.358 e. The van der Waals surface area contributed by atoms with Crippen LogP contribution >= 0.6 is 11.8 Å². The van der Waals surface area contributed by atoms with Crippen molar-refractivity contribution in [1.82, 2.24) is 15.5 Å². The predicted molar refractivity (Wildman–Crippen MR) is 135 cm³/mol. The third kappa shape index (κ3) is 13.0. The van der Waals surface area contributed by atoms with E-state index in [2.05, 4.69) is 10.6 Å². The van der Waals surface area contributed by atoms with Crippen LogP contribution in [0.25, 0.3) is 0 Å². The first-order valence-corrected chi connectivity index (χ1v) is 13.9. The van der Waals surface area contributed by atoms with Crippen LogP contribution in [0.2, 0.25) is 0 Å². The van der Waals surface area contributed by atoms with Crippen LogP contribution in [-0.4, -0.2) is 66.1 Å². The van der Waals surface area contributed by atoms with E-state index in [1.54, 1.807) is 11.9 Å². The first-order chi connectivity index (χ1) is 15.9. The van der Waals surface area contributed by atoms with E-state index in [4.69, 9.17) is 0 Å². The van der Waals surface area contributed by atoms with Crippen LogP contribution in [0.1, 0.15) is 90.9 Å². The van der Waals surface area contributed by atoms with E-state index in [1.807, 2.05) is 6.92 Å². The van der Waals surface area contributed by atoms with Crippen LogP contribution in [0, 0.1) is 5.92 Å². The topological polar surface area (TPSA) is 95.6 Å². The Kier molecular flexibility index (Phi) is 15.9. The lowest BCUT2D eigenvalue weighted by Crippen LogP contribution is -2.41. The molecular weight excluding hydrogens is 438 g/mol. The van der Waals surface area contributed by atoms with Crippen molar-refractivity contribution >= 4 is 35.3 Å². The van der Waals surface area contributed by atoms with E-state index in [1.165, 1.54) is 82.9 Å². The molecule has 1 heterocycles. The van der Waals surface area contributed by atoms with E-state index in [0.717, 1.165) is 0 Å². The highest BCUT2D eigenvalue weighted by Gasteiger charge is 2.35. The van der Waals surface area contributed by atoms with Crippen LogP contribution in [0.4, 0.5) is 0 Å². The second-order valence-corrected chi connectivity index (χ2v) is 10.1. The molecular formula is C25H45N3O4S. The predicted octanol–water partition coefficient (Wildman–Crippen LogP) is 3.70. The van der Waals surface area contributed by atoms with Crippen LogP contribution in [-0.2, 0) is 19.2 Å². The van der Waals surface area contributed by atoms with Gasteiger partial charge in [0.2, 0.25) is 17.7 Å². The smallest absolute Gasteiger partial charge is 0.230 e. The molecule has 1 aliphatic carbocycles. The number of carbonyl (C=O) groups excluding carboxylic acids is 4. The molecule has 2 atom stereocenters. The average molecular weight is 484 g/mol. The van der Waals surface area contributed by atoms with Gasteiger partial charge in [-0.2, -0.15) is 0 Å². The lowest BCUT2D eigenvalue weighted by atomic mass is 10.0. The number of amides is 3. The molecule has 1 saturated carbocycles. The number of ketones is 1. The Morgan fingerprint density at radius 2 is 1.42 bits per heavy atom. The van der Waals surface area contributed by atoms with Crippen LogP contribution in [0.15, 0.2) is 0 Å². The molecule has 2 fully saturated rings. The molecule has 1 saturated heterocycles. The van der Waals surface area contributed by atoms with Crippen molar-refractivity contribution in [2.45, 2.75) is 96.9 Å². The molecule has 0 bridgehead atoms. The Morgan fingerprint density at radius 3 is 1.85 bits per heavy atom. The van der Waals surface area contributed by atoms with Gasteiger partial charge >= 0.3 is 0 Å². The molecule has 3 amide bonds. The van der Waals surface area contributed by atoms with Gasteiger partial charge in [-0.15, -0.1) is 11.8 Å². The Balaban J connectivity index is 0.000000451. The summed E-state index contributed by atoms with van der Waals surface area (Å²) in [5, 5.41) is 5.28. The summed E-state index contributed by atoms with van der Waals surface area (Å²) >= 11 is 1.24. The van der Waals surface area contributed by atoms with E-state index < -0.39 is 0 Å². The van der Waals surface area contributed by atoms with E-state index >= 15 is 0 Å². The van der Waals surface area contributed by atoms with Crippen molar-refractivity contribution in [3.8, 4) is 0 Å². The molecule has 7 nitrogen and oxygen atoms in total. The summed E-state index contributed by atoms with van der Waals surface area (Å²) in [7, 11) is 1.55. The second kappa shape index (κ2) is 17.8. The molecule has 2 N–H and O–H groups in total. The summed E-state index contributed by atoms with van der Waals surface area (Å²) in [6.07, 6.45) is 16.0. The third-order valence-corrected chi connectivity index (χ3v) is 7.24. The van der Waals surface area contributed by atoms with Gasteiger partial charge in [-0.05, 0) is 13.3 Å². The van der Waals surface area contributed by atoms with Crippen LogP contribution in [0.3, 0.4) is 0 Å². The first-order valence-electron chi connectivity index (χ1n) is 12.7. The fraction of sp³-hybridized carbons (Fsp3) is 0.840. The summed E-state index contributed by atoms with van der Waals surface area (Å²) in [5.41, 5.74) is 0. The number of likely N-dealkylation sites (tertiary alicyclic amines) is 1. The van der Waals surface area contributed by atoms with E-state index in [-0.39, 0.29) is 47.0 Å². The Bertz CT molecular complexity index is 581. The van der Waals surface area contributed by atoms with Gasteiger partial charge in [-0.25, -0.2) is 0 Å². The molecule has 0 spiro atoms. The van der Waals surface area contributed by atoms with Gasteiger partial charge in [0.25, 0.3) is 0 Å². The second-order valence-electron chi connectivity index (χ2n) is 9.16. The summed E-state index contributed by atoms with van der Waals surface area (Å²) in [6, 6.07) is -0.355. The Hall–Kier alpha value is -1.57. The highest BCUT2D eigenvalue weighted by molar-refractivity contribution is 8.00. The SMILES string of the molecule is C1CCCCCCCCC1.CC[C@H](C(C)=O)N1CC(CNC(=O)CSCC(=O)NC)CC1=O. The minimum Gasteiger partial charge on any atom is -0.358 e. The van der Waals surface area contributed by atoms with Crippen molar-refractivity contribution in [1.29, 1.82) is 0 Å². The van der Waals surface area contributed by atoms with Crippen molar-refractivity contribution in [2.75, 3.05) is 31.6 Å². The number of hydrogen-bond acceptors (Lipinski definition) is 5. The highest BCUT2D eigenvalue weighted by Crippen LogP contribution is 2.21. The monoisotopic (exact) mass is 483 g/mol. The molecule has 0 aromatic heterocycles. The number of rotatable bonds is 9. The third-order valence-electron chi connectivity index (χ3n) is 6.30. The molecule has 1 aliphatic heterocycles. The number of nitrogens with one attached hydrogen (secondary N) is 2. The highest BCUT2D eigenvalue weighted by atomic mass is 32.2. The minimum absolute atomic E-state index is 0.00358. The zero-order valence-electron chi connectivity index (χ0n) is 21.0. The number of hydrogen-bond donors (Lipinski definition) is 2. The number of Topliss-reactive ketones (excluding diaryl/α,β-unsaturated/α-hetero) is 1. The van der Waals surface area contributed by atoms with E-state index in [0.29, 0.717) is 25.9 Å². The maximum Gasteiger partial charge on any atom is 0.230 e. The van der Waals surface area contributed by atoms with Gasteiger partial charge in [-0.1, -0.05) is 71.1 Å². The average Bonchev–Trinajstić information content (AvgIpc) is 3.17. The summed E-state index contributed by atoms with van der Waals surface area (Å²) in [5.74, 6) is 0.192. The van der Waals surface area contributed by atoms with E-state index in [9.17, 15) is 19.2 Å². The minimum atomic E-state index is -0.355. The van der Waals surface area contributed by atoms with Crippen LogP contribution < -0.4 is 10.6 Å². The molecule has 1 unspecified atom stereocenters. The van der Waals surface area contributed by atoms with Gasteiger partial charge in [0.1, 0.15) is 0 Å². The maximum absolute atomic E-state index is 12.0. The lowest BCUT2D eigenvalue weighted by Gasteiger charge is -2.25. The van der Waals surface area contributed by atoms with Crippen molar-refractivity contribution in [3.05, 3.63) is 0 Å². The van der Waals surface area contributed by atoms with Gasteiger partial charge in [0.15, 0.2) is 5.78 Å². The first kappa shape index (κ1) is 29.5. The van der Waals surface area contributed by atoms with Gasteiger partial charge in [0, 0.05) is 32.5 Å². The summed E-state index contributed by atoms with van der Waals surface area (Å²) < 4.78 is 0. The van der Waals surface area contributed by atoms with Gasteiger partial charge in [0.05, 0.1) is 17.5 Å². The van der Waals surface area contributed by atoms with Gasteiger partial charge in [-0.3, -0.25) is 19.2 Å². The summed E-state index contributed by atoms with van der Waals surface area (Å²) in [4.78, 5) is 48.0. The quantitative estimate of drug-likeness (QED) is 0.521. The number of thioether (sulfide) groups is 1. The maximum atomic E-state index is 12.0. The van der Waals surface area contributed by atoms with Gasteiger partial charge < -0.3 is 15.5 Å². The molecule has 0 radical (unpaired) electrons. The van der Waals surface area contributed by atoms with Crippen LogP contribution in [0.5, 0.6) is 0 Å². The fourth-order valence-corrected chi connectivity index (χ4v) is 5.08. The molecule has 2 aliphatic rings. The molecule has 0 aromatic carbocycles. The molecule has 0 aromatic rings. The zero-order chi connectivity index (χ0) is 24.5. The Labute approximate surface area is 204 Å². The number of carbonyl (C=O) groups is 4. The molecule has 8 heteroatoms.